The van der Waals surface area contributed by atoms with Crippen LogP contribution >= 0.6 is 0 Å². The number of hydrogen-bond donors (Lipinski definition) is 0. The van der Waals surface area contributed by atoms with Crippen molar-refractivity contribution >= 4 is 20.0 Å². The van der Waals surface area contributed by atoms with Gasteiger partial charge in [-0.05, 0) is 19.4 Å². The Morgan fingerprint density at radius 1 is 0.842 bits per heavy atom. The molecule has 2 rings (SSSR count). The Labute approximate surface area is 117 Å². The lowest BCUT2D eigenvalue weighted by Gasteiger charge is -2.39. The fourth-order valence-corrected chi connectivity index (χ4v) is 2.77. The summed E-state index contributed by atoms with van der Waals surface area (Å²) in [5.74, 6) is 0. The monoisotopic (exact) mass is 266 g/mol. The Kier molecular flexibility index (Phi) is 4.22. The Hall–Kier alpha value is -1.80. The van der Waals surface area contributed by atoms with Crippen molar-refractivity contribution in [2.45, 2.75) is 19.6 Å². The predicted octanol–water partition coefficient (Wildman–Crippen LogP) is 5.39. The maximum Gasteiger partial charge on any atom is -0.0269 e. The van der Waals surface area contributed by atoms with Crippen molar-refractivity contribution in [3.63, 3.8) is 0 Å². The molecule has 0 aliphatic rings. The molecule has 0 saturated carbocycles. The van der Waals surface area contributed by atoms with Gasteiger partial charge in [0, 0.05) is 0 Å². The molecule has 0 saturated heterocycles. The van der Waals surface area contributed by atoms with Gasteiger partial charge in [-0.25, -0.2) is 0 Å². The fourth-order valence-electron chi connectivity index (χ4n) is 1.86. The number of rotatable bonds is 4. The van der Waals surface area contributed by atoms with Crippen LogP contribution in [0.5, 0.6) is 0 Å². The van der Waals surface area contributed by atoms with Crippen LogP contribution in [-0.2, 0) is 0 Å². The van der Waals surface area contributed by atoms with Crippen LogP contribution < -0.4 is 0 Å². The van der Waals surface area contributed by atoms with Crippen LogP contribution in [0, 0.1) is 0 Å². The van der Waals surface area contributed by atoms with E-state index in [0.29, 0.717) is 0 Å². The number of hydrogen-bond acceptors (Lipinski definition) is 0. The zero-order chi connectivity index (χ0) is 13.7. The maximum atomic E-state index is 4.97. The van der Waals surface area contributed by atoms with Gasteiger partial charge in [-0.15, -0.1) is 5.70 Å². The average molecular weight is 266 g/mol. The third-order valence-electron chi connectivity index (χ3n) is 2.63. The van der Waals surface area contributed by atoms with Crippen molar-refractivity contribution in [1.82, 2.24) is 0 Å². The zero-order valence-electron chi connectivity index (χ0n) is 11.8. The lowest BCUT2D eigenvalue weighted by molar-refractivity contribution is 1.59. The van der Waals surface area contributed by atoms with E-state index >= 15 is 0 Å². The van der Waals surface area contributed by atoms with Gasteiger partial charge >= 0.3 is 0 Å². The van der Waals surface area contributed by atoms with E-state index in [-0.39, 0.29) is 0 Å². The Morgan fingerprint density at radius 3 is 1.89 bits per heavy atom. The molecule has 2 aromatic carbocycles. The molecule has 2 aromatic rings. The molecule has 2 heteroatoms. The quantitative estimate of drug-likeness (QED) is 0.520. The maximum absolute atomic E-state index is 4.97. The summed E-state index contributed by atoms with van der Waals surface area (Å²) in [6.07, 6.45) is 2.17. The number of benzene rings is 2. The molecule has 0 atom stereocenters. The van der Waals surface area contributed by atoms with Crippen LogP contribution in [0.2, 0.25) is 19.6 Å². The summed E-state index contributed by atoms with van der Waals surface area (Å²) in [5, 5.41) is 0. The van der Waals surface area contributed by atoms with E-state index in [1.807, 2.05) is 12.1 Å². The predicted molar refractivity (Wildman–Crippen MR) is 87.5 cm³/mol. The summed E-state index contributed by atoms with van der Waals surface area (Å²) in [5.41, 5.74) is 3.48. The first-order valence-corrected chi connectivity index (χ1v) is 10.0. The first-order chi connectivity index (χ1) is 9.04. The lowest BCUT2D eigenvalue weighted by Crippen LogP contribution is -2.18. The summed E-state index contributed by atoms with van der Waals surface area (Å²) in [7, 11) is -1.50. The SMILES string of the molecule is C[Si](C)(C)[N-]/C(=C\c1ccccc1)c1ccccc1. The van der Waals surface area contributed by atoms with Crippen molar-refractivity contribution < 1.29 is 0 Å². The Balaban J connectivity index is 2.38. The molecule has 0 spiro atoms. The van der Waals surface area contributed by atoms with Gasteiger partial charge in [0.2, 0.25) is 0 Å². The highest BCUT2D eigenvalue weighted by molar-refractivity contribution is 6.82. The Morgan fingerprint density at radius 2 is 1.37 bits per heavy atom. The fraction of sp³-hybridized carbons (Fsp3) is 0.176. The molecule has 0 radical (unpaired) electrons. The van der Waals surface area contributed by atoms with Crippen LogP contribution in [0.3, 0.4) is 0 Å². The molecule has 0 fully saturated rings. The largest absolute Gasteiger partial charge is 0.687 e. The molecule has 0 heterocycles. The average Bonchev–Trinajstić information content (AvgIpc) is 2.39. The highest BCUT2D eigenvalue weighted by atomic mass is 28.3. The smallest absolute Gasteiger partial charge is 0.0269 e. The molecular formula is C17H20NSi-. The van der Waals surface area contributed by atoms with E-state index in [1.54, 1.807) is 0 Å². The minimum Gasteiger partial charge on any atom is -0.687 e. The van der Waals surface area contributed by atoms with Crippen molar-refractivity contribution in [2.24, 2.45) is 0 Å². The van der Waals surface area contributed by atoms with E-state index in [0.717, 1.165) is 5.70 Å². The Bertz CT molecular complexity index is 538. The molecule has 0 aromatic heterocycles. The van der Waals surface area contributed by atoms with E-state index < -0.39 is 8.24 Å². The second-order valence-corrected chi connectivity index (χ2v) is 10.2. The van der Waals surface area contributed by atoms with E-state index in [9.17, 15) is 0 Å². The van der Waals surface area contributed by atoms with Crippen LogP contribution in [0.25, 0.3) is 16.8 Å². The van der Waals surface area contributed by atoms with Crippen molar-refractivity contribution in [3.8, 4) is 0 Å². The normalized spacial score (nSPS) is 12.3. The molecule has 0 aliphatic carbocycles. The zero-order valence-corrected chi connectivity index (χ0v) is 12.8. The molecule has 0 N–H and O–H groups in total. The molecule has 0 unspecified atom stereocenters. The van der Waals surface area contributed by atoms with Crippen molar-refractivity contribution in [2.75, 3.05) is 0 Å². The van der Waals surface area contributed by atoms with Gasteiger partial charge in [0.1, 0.15) is 0 Å². The van der Waals surface area contributed by atoms with Crippen molar-refractivity contribution in [3.05, 3.63) is 76.8 Å². The van der Waals surface area contributed by atoms with Gasteiger partial charge in [-0.2, -0.15) is 0 Å². The highest BCUT2D eigenvalue weighted by Crippen LogP contribution is 2.28. The minimum absolute atomic E-state index is 1.09. The molecule has 0 bridgehead atoms. The second kappa shape index (κ2) is 5.89. The summed E-state index contributed by atoms with van der Waals surface area (Å²) in [4.78, 5) is 4.97. The lowest BCUT2D eigenvalue weighted by atomic mass is 10.1. The third kappa shape index (κ3) is 4.41. The van der Waals surface area contributed by atoms with Crippen LogP contribution in [0.15, 0.2) is 60.7 Å². The van der Waals surface area contributed by atoms with Crippen molar-refractivity contribution in [1.29, 1.82) is 0 Å². The summed E-state index contributed by atoms with van der Waals surface area (Å²) in [6.45, 7) is 6.78. The van der Waals surface area contributed by atoms with Gasteiger partial charge in [0.05, 0.1) is 0 Å². The second-order valence-electron chi connectivity index (χ2n) is 5.59. The van der Waals surface area contributed by atoms with Gasteiger partial charge in [-0.3, -0.25) is 0 Å². The topological polar surface area (TPSA) is 14.1 Å². The third-order valence-corrected chi connectivity index (χ3v) is 3.54. The number of nitrogens with zero attached hydrogens (tertiary/aromatic N) is 1. The standard InChI is InChI=1S/C17H20NSi/c1-19(2,3)18-17(16-12-8-5-9-13-16)14-15-10-6-4-7-11-15/h4-14H,1-3H3/q-1/b17-14-. The first kappa shape index (κ1) is 13.6. The van der Waals surface area contributed by atoms with Gasteiger partial charge in [0.15, 0.2) is 0 Å². The minimum atomic E-state index is -1.50. The molecule has 0 aliphatic heterocycles. The van der Waals surface area contributed by atoms with Crippen LogP contribution in [0.4, 0.5) is 0 Å². The van der Waals surface area contributed by atoms with Crippen LogP contribution in [0.1, 0.15) is 11.1 Å². The van der Waals surface area contributed by atoms with Crippen LogP contribution in [-0.4, -0.2) is 8.24 Å². The summed E-state index contributed by atoms with van der Waals surface area (Å²) in [6, 6.07) is 20.8. The molecular weight excluding hydrogens is 246 g/mol. The van der Waals surface area contributed by atoms with Gasteiger partial charge in [-0.1, -0.05) is 86.4 Å². The van der Waals surface area contributed by atoms with E-state index in [2.05, 4.69) is 74.2 Å². The first-order valence-electron chi connectivity index (χ1n) is 6.60. The van der Waals surface area contributed by atoms with Gasteiger partial charge < -0.3 is 4.98 Å². The molecule has 19 heavy (non-hydrogen) atoms. The van der Waals surface area contributed by atoms with E-state index in [4.69, 9.17) is 4.98 Å². The van der Waals surface area contributed by atoms with Gasteiger partial charge in [0.25, 0.3) is 0 Å². The molecule has 98 valence electrons. The molecule has 0 amide bonds. The summed E-state index contributed by atoms with van der Waals surface area (Å²) < 4.78 is 0. The highest BCUT2D eigenvalue weighted by Gasteiger charge is 2.02. The summed E-state index contributed by atoms with van der Waals surface area (Å²) >= 11 is 0. The molecule has 1 nitrogen and oxygen atoms in total. The van der Waals surface area contributed by atoms with E-state index in [1.165, 1.54) is 11.1 Å².